The van der Waals surface area contributed by atoms with E-state index >= 15 is 0 Å². The van der Waals surface area contributed by atoms with E-state index in [1.54, 1.807) is 6.20 Å². The van der Waals surface area contributed by atoms with Gasteiger partial charge in [-0.05, 0) is 23.9 Å². The minimum Gasteiger partial charge on any atom is -0.277 e. The van der Waals surface area contributed by atoms with Crippen LogP contribution in [0.3, 0.4) is 0 Å². The Morgan fingerprint density at radius 3 is 2.89 bits per heavy atom. The second-order valence-corrected chi connectivity index (χ2v) is 4.35. The zero-order valence-electron chi connectivity index (χ0n) is 9.06. The summed E-state index contributed by atoms with van der Waals surface area (Å²) in [5.74, 6) is 0. The van der Waals surface area contributed by atoms with Crippen LogP contribution in [0.4, 0.5) is 0 Å². The Balaban J connectivity index is 1.94. The SMILES string of the molecule is N#Cc1cnc(Sc2nnc3ccccn23)cn1. The summed E-state index contributed by atoms with van der Waals surface area (Å²) in [6, 6.07) is 7.61. The Kier molecular flexibility index (Phi) is 2.63. The minimum absolute atomic E-state index is 0.297. The minimum atomic E-state index is 0.297. The first-order valence-electron chi connectivity index (χ1n) is 5.06. The highest BCUT2D eigenvalue weighted by Gasteiger charge is 2.07. The van der Waals surface area contributed by atoms with Crippen molar-refractivity contribution in [3.8, 4) is 6.07 Å². The summed E-state index contributed by atoms with van der Waals surface area (Å²) >= 11 is 1.35. The van der Waals surface area contributed by atoms with Crippen molar-refractivity contribution in [1.82, 2.24) is 24.6 Å². The Hall–Kier alpha value is -2.46. The molecule has 86 valence electrons. The molecule has 7 heteroatoms. The van der Waals surface area contributed by atoms with Crippen molar-refractivity contribution in [2.45, 2.75) is 10.2 Å². The monoisotopic (exact) mass is 254 g/mol. The van der Waals surface area contributed by atoms with Crippen molar-refractivity contribution in [1.29, 1.82) is 5.26 Å². The summed E-state index contributed by atoms with van der Waals surface area (Å²) in [6.45, 7) is 0. The Bertz CT molecular complexity index is 727. The zero-order chi connectivity index (χ0) is 12.4. The van der Waals surface area contributed by atoms with Gasteiger partial charge in [0.15, 0.2) is 11.3 Å². The number of fused-ring (bicyclic) bond motifs is 1. The van der Waals surface area contributed by atoms with E-state index in [0.29, 0.717) is 15.9 Å². The van der Waals surface area contributed by atoms with E-state index in [1.165, 1.54) is 18.0 Å². The Labute approximate surface area is 106 Å². The highest BCUT2D eigenvalue weighted by atomic mass is 32.2. The van der Waals surface area contributed by atoms with E-state index in [-0.39, 0.29) is 0 Å². The number of nitriles is 1. The topological polar surface area (TPSA) is 79.8 Å². The molecule has 0 aliphatic carbocycles. The molecule has 0 atom stereocenters. The zero-order valence-corrected chi connectivity index (χ0v) is 9.87. The maximum absolute atomic E-state index is 8.64. The summed E-state index contributed by atoms with van der Waals surface area (Å²) in [5.41, 5.74) is 1.08. The predicted octanol–water partition coefficient (Wildman–Crippen LogP) is 1.54. The Morgan fingerprint density at radius 2 is 2.11 bits per heavy atom. The normalized spacial score (nSPS) is 10.4. The molecule has 3 aromatic heterocycles. The van der Waals surface area contributed by atoms with Gasteiger partial charge in [-0.3, -0.25) is 4.40 Å². The van der Waals surface area contributed by atoms with Crippen LogP contribution in [0, 0.1) is 11.3 Å². The molecular formula is C11H6N6S. The van der Waals surface area contributed by atoms with Crippen molar-refractivity contribution in [3.05, 3.63) is 42.5 Å². The third-order valence-electron chi connectivity index (χ3n) is 2.22. The largest absolute Gasteiger partial charge is 0.277 e. The van der Waals surface area contributed by atoms with Gasteiger partial charge in [0.2, 0.25) is 5.16 Å². The maximum Gasteiger partial charge on any atom is 0.201 e. The summed E-state index contributed by atoms with van der Waals surface area (Å²) < 4.78 is 1.87. The van der Waals surface area contributed by atoms with Gasteiger partial charge in [0.25, 0.3) is 0 Å². The summed E-state index contributed by atoms with van der Waals surface area (Å²) in [7, 11) is 0. The first-order valence-corrected chi connectivity index (χ1v) is 5.88. The van der Waals surface area contributed by atoms with Crippen LogP contribution < -0.4 is 0 Å². The lowest BCUT2D eigenvalue weighted by Crippen LogP contribution is -1.89. The smallest absolute Gasteiger partial charge is 0.201 e. The van der Waals surface area contributed by atoms with E-state index in [2.05, 4.69) is 20.2 Å². The molecule has 0 amide bonds. The summed E-state index contributed by atoms with van der Waals surface area (Å²) in [4.78, 5) is 8.08. The molecule has 0 radical (unpaired) electrons. The van der Waals surface area contributed by atoms with Crippen molar-refractivity contribution >= 4 is 17.4 Å². The molecule has 0 saturated heterocycles. The van der Waals surface area contributed by atoms with Gasteiger partial charge in [0.05, 0.1) is 12.4 Å². The van der Waals surface area contributed by atoms with Crippen LogP contribution in [0.1, 0.15) is 5.69 Å². The molecule has 0 bridgehead atoms. The van der Waals surface area contributed by atoms with E-state index < -0.39 is 0 Å². The number of hydrogen-bond acceptors (Lipinski definition) is 6. The molecule has 0 unspecified atom stereocenters. The molecule has 0 aliphatic heterocycles. The molecule has 0 spiro atoms. The van der Waals surface area contributed by atoms with Gasteiger partial charge >= 0.3 is 0 Å². The highest BCUT2D eigenvalue weighted by molar-refractivity contribution is 7.99. The van der Waals surface area contributed by atoms with Crippen LogP contribution in [0.25, 0.3) is 5.65 Å². The van der Waals surface area contributed by atoms with E-state index in [4.69, 9.17) is 5.26 Å². The second-order valence-electron chi connectivity index (χ2n) is 3.37. The molecule has 0 aromatic carbocycles. The number of rotatable bonds is 2. The van der Waals surface area contributed by atoms with Crippen molar-refractivity contribution in [2.24, 2.45) is 0 Å². The molecule has 0 aliphatic rings. The van der Waals surface area contributed by atoms with Crippen LogP contribution >= 0.6 is 11.8 Å². The van der Waals surface area contributed by atoms with Crippen LogP contribution in [0.5, 0.6) is 0 Å². The fourth-order valence-electron chi connectivity index (χ4n) is 1.41. The van der Waals surface area contributed by atoms with Gasteiger partial charge in [-0.2, -0.15) is 5.26 Å². The molecule has 3 heterocycles. The molecular weight excluding hydrogens is 248 g/mol. The quantitative estimate of drug-likeness (QED) is 0.690. The third kappa shape index (κ3) is 1.89. The van der Waals surface area contributed by atoms with Crippen molar-refractivity contribution < 1.29 is 0 Å². The van der Waals surface area contributed by atoms with Crippen LogP contribution in [0.15, 0.2) is 47.0 Å². The van der Waals surface area contributed by atoms with Crippen LogP contribution in [0.2, 0.25) is 0 Å². The molecule has 0 N–H and O–H groups in total. The van der Waals surface area contributed by atoms with Gasteiger partial charge in [0.1, 0.15) is 11.1 Å². The van der Waals surface area contributed by atoms with Crippen molar-refractivity contribution in [3.63, 3.8) is 0 Å². The maximum atomic E-state index is 8.64. The lowest BCUT2D eigenvalue weighted by Gasteiger charge is -1.98. The summed E-state index contributed by atoms with van der Waals surface area (Å²) in [5, 5.41) is 18.1. The van der Waals surface area contributed by atoms with Crippen LogP contribution in [-0.4, -0.2) is 24.6 Å². The lowest BCUT2D eigenvalue weighted by molar-refractivity contribution is 0.913. The molecule has 18 heavy (non-hydrogen) atoms. The standard InChI is InChI=1S/C11H6N6S/c12-5-8-6-14-10(7-13-8)18-11-16-15-9-3-1-2-4-17(9)11/h1-4,6-7H. The fraction of sp³-hybridized carbons (Fsp3) is 0. The molecule has 3 aromatic rings. The summed E-state index contributed by atoms with van der Waals surface area (Å²) in [6.07, 6.45) is 4.87. The number of nitrogens with zero attached hydrogens (tertiary/aromatic N) is 6. The van der Waals surface area contributed by atoms with Gasteiger partial charge in [-0.15, -0.1) is 10.2 Å². The average molecular weight is 254 g/mol. The predicted molar refractivity (Wildman–Crippen MR) is 63.9 cm³/mol. The van der Waals surface area contributed by atoms with E-state index in [9.17, 15) is 0 Å². The average Bonchev–Trinajstić information content (AvgIpc) is 2.83. The third-order valence-corrected chi connectivity index (χ3v) is 3.10. The molecule has 3 rings (SSSR count). The number of pyridine rings is 1. The second kappa shape index (κ2) is 4.43. The number of aromatic nitrogens is 5. The van der Waals surface area contributed by atoms with E-state index in [0.717, 1.165) is 5.65 Å². The lowest BCUT2D eigenvalue weighted by atomic mass is 10.5. The van der Waals surface area contributed by atoms with Gasteiger partial charge < -0.3 is 0 Å². The first kappa shape index (κ1) is 10.7. The molecule has 0 fully saturated rings. The molecule has 6 nitrogen and oxygen atoms in total. The van der Waals surface area contributed by atoms with Crippen LogP contribution in [-0.2, 0) is 0 Å². The Morgan fingerprint density at radius 1 is 1.17 bits per heavy atom. The molecule has 0 saturated carbocycles. The van der Waals surface area contributed by atoms with Gasteiger partial charge in [-0.1, -0.05) is 6.07 Å². The van der Waals surface area contributed by atoms with Gasteiger partial charge in [0, 0.05) is 6.20 Å². The number of hydrogen-bond donors (Lipinski definition) is 0. The fourth-order valence-corrected chi connectivity index (χ4v) is 2.14. The highest BCUT2D eigenvalue weighted by Crippen LogP contribution is 2.23. The van der Waals surface area contributed by atoms with E-state index in [1.807, 2.05) is 34.9 Å². The van der Waals surface area contributed by atoms with Crippen molar-refractivity contribution in [2.75, 3.05) is 0 Å². The van der Waals surface area contributed by atoms with Gasteiger partial charge in [-0.25, -0.2) is 9.97 Å². The first-order chi connectivity index (χ1) is 8.86.